The number of anilines is 1. The molecular formula is C8H8BrN3S. The molecule has 68 valence electrons. The molecule has 0 saturated carbocycles. The zero-order chi connectivity index (χ0) is 9.42. The van der Waals surface area contributed by atoms with Gasteiger partial charge in [0.25, 0.3) is 0 Å². The average Bonchev–Trinajstić information content (AvgIpc) is 2.60. The van der Waals surface area contributed by atoms with E-state index in [0.29, 0.717) is 5.82 Å². The van der Waals surface area contributed by atoms with Gasteiger partial charge in [0.2, 0.25) is 0 Å². The second-order valence-electron chi connectivity index (χ2n) is 2.74. The molecule has 2 aromatic heterocycles. The third-order valence-electron chi connectivity index (χ3n) is 1.79. The van der Waals surface area contributed by atoms with Crippen LogP contribution in [0.3, 0.4) is 0 Å². The first-order valence-corrected chi connectivity index (χ1v) is 5.40. The van der Waals surface area contributed by atoms with Crippen LogP contribution in [0.15, 0.2) is 15.9 Å². The van der Waals surface area contributed by atoms with E-state index in [4.69, 9.17) is 5.73 Å². The normalized spacial score (nSPS) is 10.6. The van der Waals surface area contributed by atoms with Gasteiger partial charge in [0.05, 0.1) is 5.56 Å². The predicted molar refractivity (Wildman–Crippen MR) is 58.8 cm³/mol. The first kappa shape index (κ1) is 8.77. The fourth-order valence-electron chi connectivity index (χ4n) is 1.20. The fraction of sp³-hybridized carbons (Fsp3) is 0.125. The maximum Gasteiger partial charge on any atom is 0.154 e. The molecule has 0 aliphatic rings. The predicted octanol–water partition coefficient (Wildman–Crippen LogP) is 2.79. The van der Waals surface area contributed by atoms with Gasteiger partial charge < -0.3 is 5.73 Å². The number of aromatic nitrogens is 2. The molecule has 3 nitrogen and oxygen atoms in total. The molecule has 2 rings (SSSR count). The Balaban J connectivity index is 2.57. The Morgan fingerprint density at radius 2 is 2.38 bits per heavy atom. The van der Waals surface area contributed by atoms with Gasteiger partial charge in [0.15, 0.2) is 5.82 Å². The van der Waals surface area contributed by atoms with Crippen LogP contribution in [-0.2, 0) is 0 Å². The minimum atomic E-state index is 0.562. The molecule has 2 heterocycles. The summed E-state index contributed by atoms with van der Waals surface area (Å²) in [5.74, 6) is 0.562. The average molecular weight is 258 g/mol. The zero-order valence-corrected chi connectivity index (χ0v) is 9.37. The highest BCUT2D eigenvalue weighted by Crippen LogP contribution is 2.34. The van der Waals surface area contributed by atoms with Crippen molar-refractivity contribution in [3.63, 3.8) is 0 Å². The number of nitrogens with two attached hydrogens (primary N) is 1. The van der Waals surface area contributed by atoms with Crippen LogP contribution in [0.1, 0.15) is 5.69 Å². The van der Waals surface area contributed by atoms with Crippen LogP contribution in [0.4, 0.5) is 5.82 Å². The van der Waals surface area contributed by atoms with Crippen molar-refractivity contribution >= 4 is 33.1 Å². The van der Waals surface area contributed by atoms with Crippen molar-refractivity contribution in [2.75, 3.05) is 5.73 Å². The monoisotopic (exact) mass is 257 g/mol. The first-order chi connectivity index (χ1) is 6.18. The van der Waals surface area contributed by atoms with Crippen molar-refractivity contribution in [2.45, 2.75) is 6.92 Å². The molecule has 5 heteroatoms. The summed E-state index contributed by atoms with van der Waals surface area (Å²) in [5, 5.41) is 8.84. The van der Waals surface area contributed by atoms with Crippen LogP contribution in [0.5, 0.6) is 0 Å². The van der Waals surface area contributed by atoms with E-state index in [9.17, 15) is 0 Å². The molecule has 0 fully saturated rings. The Labute approximate surface area is 88.1 Å². The van der Waals surface area contributed by atoms with Gasteiger partial charge in [0, 0.05) is 20.4 Å². The quantitative estimate of drug-likeness (QED) is 0.826. The Morgan fingerprint density at radius 3 is 2.85 bits per heavy atom. The summed E-state index contributed by atoms with van der Waals surface area (Å²) < 4.78 is 1.08. The van der Waals surface area contributed by atoms with Crippen LogP contribution < -0.4 is 5.73 Å². The summed E-state index contributed by atoms with van der Waals surface area (Å²) >= 11 is 5.05. The molecule has 0 radical (unpaired) electrons. The van der Waals surface area contributed by atoms with E-state index in [-0.39, 0.29) is 0 Å². The van der Waals surface area contributed by atoms with E-state index in [1.54, 1.807) is 11.3 Å². The Bertz CT molecular complexity index is 413. The molecule has 3 N–H and O–H groups in total. The van der Waals surface area contributed by atoms with Crippen molar-refractivity contribution < 1.29 is 0 Å². The summed E-state index contributed by atoms with van der Waals surface area (Å²) in [6.07, 6.45) is 0. The third kappa shape index (κ3) is 1.49. The van der Waals surface area contributed by atoms with Crippen LogP contribution in [0.25, 0.3) is 10.4 Å². The van der Waals surface area contributed by atoms with E-state index in [1.165, 1.54) is 0 Å². The molecule has 0 aromatic carbocycles. The smallest absolute Gasteiger partial charge is 0.154 e. The van der Waals surface area contributed by atoms with Crippen LogP contribution in [0.2, 0.25) is 0 Å². The highest BCUT2D eigenvalue weighted by atomic mass is 79.9. The molecule has 0 saturated heterocycles. The molecule has 0 amide bonds. The maximum atomic E-state index is 5.73. The van der Waals surface area contributed by atoms with Crippen molar-refractivity contribution in [3.05, 3.63) is 21.6 Å². The lowest BCUT2D eigenvalue weighted by molar-refractivity contribution is 1.05. The van der Waals surface area contributed by atoms with Gasteiger partial charge in [-0.25, -0.2) is 0 Å². The second-order valence-corrected chi connectivity index (χ2v) is 4.56. The minimum Gasteiger partial charge on any atom is -0.382 e. The molecule has 0 spiro atoms. The van der Waals surface area contributed by atoms with Crippen LogP contribution >= 0.6 is 27.3 Å². The number of hydrogen-bond acceptors (Lipinski definition) is 3. The van der Waals surface area contributed by atoms with Crippen molar-refractivity contribution in [1.82, 2.24) is 10.2 Å². The van der Waals surface area contributed by atoms with E-state index < -0.39 is 0 Å². The molecule has 0 atom stereocenters. The summed E-state index contributed by atoms with van der Waals surface area (Å²) in [5.41, 5.74) is 7.75. The van der Waals surface area contributed by atoms with Gasteiger partial charge in [-0.3, -0.25) is 5.10 Å². The lowest BCUT2D eigenvalue weighted by Crippen LogP contribution is -1.86. The number of halogens is 1. The number of aryl methyl sites for hydroxylation is 1. The van der Waals surface area contributed by atoms with Crippen LogP contribution in [0, 0.1) is 6.92 Å². The summed E-state index contributed by atoms with van der Waals surface area (Å²) in [6, 6.07) is 2.04. The standard InChI is InChI=1S/C8H8BrN3S/c1-4-7(8(10)12-11-4)6-2-5(9)3-13-6/h2-3H,1H3,(H3,10,11,12). The van der Waals surface area contributed by atoms with Gasteiger partial charge >= 0.3 is 0 Å². The Kier molecular flexibility index (Phi) is 2.13. The zero-order valence-electron chi connectivity index (χ0n) is 6.97. The summed E-state index contributed by atoms with van der Waals surface area (Å²) in [4.78, 5) is 1.13. The van der Waals surface area contributed by atoms with Gasteiger partial charge in [0.1, 0.15) is 0 Å². The fourth-order valence-corrected chi connectivity index (χ4v) is 2.74. The number of nitrogens with one attached hydrogen (secondary N) is 1. The largest absolute Gasteiger partial charge is 0.382 e. The SMILES string of the molecule is Cc1[nH]nc(N)c1-c1cc(Br)cs1. The molecule has 13 heavy (non-hydrogen) atoms. The molecule has 0 bridgehead atoms. The number of rotatable bonds is 1. The topological polar surface area (TPSA) is 54.7 Å². The number of thiophene rings is 1. The van der Waals surface area contributed by atoms with Crippen molar-refractivity contribution in [1.29, 1.82) is 0 Å². The van der Waals surface area contributed by atoms with Crippen molar-refractivity contribution in [3.8, 4) is 10.4 Å². The maximum absolute atomic E-state index is 5.73. The summed E-state index contributed by atoms with van der Waals surface area (Å²) in [7, 11) is 0. The highest BCUT2D eigenvalue weighted by molar-refractivity contribution is 9.10. The number of aromatic amines is 1. The third-order valence-corrected chi connectivity index (χ3v) is 3.50. The van der Waals surface area contributed by atoms with Crippen LogP contribution in [-0.4, -0.2) is 10.2 Å². The van der Waals surface area contributed by atoms with Gasteiger partial charge in [-0.05, 0) is 28.9 Å². The number of nitrogen functional groups attached to an aromatic ring is 1. The highest BCUT2D eigenvalue weighted by Gasteiger charge is 2.11. The Hall–Kier alpha value is -0.810. The van der Waals surface area contributed by atoms with E-state index >= 15 is 0 Å². The van der Waals surface area contributed by atoms with Crippen molar-refractivity contribution in [2.24, 2.45) is 0 Å². The number of H-pyrrole nitrogens is 1. The summed E-state index contributed by atoms with van der Waals surface area (Å²) in [6.45, 7) is 1.96. The first-order valence-electron chi connectivity index (χ1n) is 3.73. The number of nitrogens with zero attached hydrogens (tertiary/aromatic N) is 1. The van der Waals surface area contributed by atoms with Gasteiger partial charge in [-0.15, -0.1) is 11.3 Å². The molecule has 0 aliphatic heterocycles. The molecule has 2 aromatic rings. The molecule has 0 aliphatic carbocycles. The van der Waals surface area contributed by atoms with E-state index in [0.717, 1.165) is 20.6 Å². The minimum absolute atomic E-state index is 0.562. The van der Waals surface area contributed by atoms with E-state index in [1.807, 2.05) is 18.4 Å². The molecule has 0 unspecified atom stereocenters. The number of hydrogen-bond donors (Lipinski definition) is 2. The second kappa shape index (κ2) is 3.16. The molecular weight excluding hydrogens is 250 g/mol. The Morgan fingerprint density at radius 1 is 1.62 bits per heavy atom. The lowest BCUT2D eigenvalue weighted by Gasteiger charge is -1.94. The van der Waals surface area contributed by atoms with E-state index in [2.05, 4.69) is 26.1 Å². The van der Waals surface area contributed by atoms with Gasteiger partial charge in [-0.1, -0.05) is 0 Å². The lowest BCUT2D eigenvalue weighted by atomic mass is 10.2. The van der Waals surface area contributed by atoms with Gasteiger partial charge in [-0.2, -0.15) is 5.10 Å².